The number of rotatable bonds is 3. The van der Waals surface area contributed by atoms with E-state index in [0.717, 1.165) is 45.3 Å². The van der Waals surface area contributed by atoms with Gasteiger partial charge in [0.1, 0.15) is 0 Å². The van der Waals surface area contributed by atoms with Crippen molar-refractivity contribution in [2.45, 2.75) is 52.0 Å². The molecule has 0 aromatic carbocycles. The Balaban J connectivity index is 1.89. The van der Waals surface area contributed by atoms with Crippen molar-refractivity contribution < 1.29 is 9.59 Å². The molecule has 0 saturated carbocycles. The van der Waals surface area contributed by atoms with Crippen molar-refractivity contribution in [1.29, 1.82) is 0 Å². The standard InChI is InChI=1S/C15H27N3O2/c1-15(2)6-3-7-17-13(15)14(20)18-8-4-11(5-9-18)10-12(16)19/h11,13,17H,3-10H2,1-2H3,(H2,16,19). The number of carbonyl (C=O) groups is 2. The maximum Gasteiger partial charge on any atom is 0.240 e. The molecule has 1 atom stereocenters. The fourth-order valence-electron chi connectivity index (χ4n) is 3.46. The van der Waals surface area contributed by atoms with Crippen LogP contribution in [0.2, 0.25) is 0 Å². The van der Waals surface area contributed by atoms with Gasteiger partial charge in [-0.15, -0.1) is 0 Å². The van der Waals surface area contributed by atoms with Crippen molar-refractivity contribution in [1.82, 2.24) is 10.2 Å². The molecule has 0 radical (unpaired) electrons. The minimum atomic E-state index is -0.232. The summed E-state index contributed by atoms with van der Waals surface area (Å²) in [6.45, 7) is 6.77. The number of carbonyl (C=O) groups excluding carboxylic acids is 2. The van der Waals surface area contributed by atoms with Crippen LogP contribution in [0.4, 0.5) is 0 Å². The zero-order chi connectivity index (χ0) is 14.8. The predicted octanol–water partition coefficient (Wildman–Crippen LogP) is 0.879. The van der Waals surface area contributed by atoms with Crippen LogP contribution >= 0.6 is 0 Å². The molecular weight excluding hydrogens is 254 g/mol. The zero-order valence-corrected chi connectivity index (χ0v) is 12.7. The normalized spacial score (nSPS) is 27.3. The summed E-state index contributed by atoms with van der Waals surface area (Å²) in [6, 6.07) is -0.0658. The minimum Gasteiger partial charge on any atom is -0.370 e. The summed E-state index contributed by atoms with van der Waals surface area (Å²) in [7, 11) is 0. The Bertz CT molecular complexity index is 373. The number of likely N-dealkylation sites (tertiary alicyclic amines) is 1. The molecule has 2 rings (SSSR count). The maximum absolute atomic E-state index is 12.7. The molecule has 2 aliphatic heterocycles. The van der Waals surface area contributed by atoms with Gasteiger partial charge >= 0.3 is 0 Å². The van der Waals surface area contributed by atoms with Crippen molar-refractivity contribution in [2.24, 2.45) is 17.1 Å². The van der Waals surface area contributed by atoms with Gasteiger partial charge in [-0.05, 0) is 43.6 Å². The minimum absolute atomic E-state index is 0.0272. The van der Waals surface area contributed by atoms with E-state index in [4.69, 9.17) is 5.73 Å². The van der Waals surface area contributed by atoms with Crippen molar-refractivity contribution in [3.05, 3.63) is 0 Å². The van der Waals surface area contributed by atoms with Crippen LogP contribution in [-0.2, 0) is 9.59 Å². The third-order valence-electron chi connectivity index (χ3n) is 4.79. The quantitative estimate of drug-likeness (QED) is 0.806. The second kappa shape index (κ2) is 6.12. The van der Waals surface area contributed by atoms with Crippen LogP contribution in [0.25, 0.3) is 0 Å². The Morgan fingerprint density at radius 1 is 1.30 bits per heavy atom. The van der Waals surface area contributed by atoms with Crippen LogP contribution in [0.15, 0.2) is 0 Å². The number of amides is 2. The summed E-state index contributed by atoms with van der Waals surface area (Å²) < 4.78 is 0. The van der Waals surface area contributed by atoms with Crippen molar-refractivity contribution in [3.63, 3.8) is 0 Å². The Morgan fingerprint density at radius 2 is 1.95 bits per heavy atom. The molecule has 5 heteroatoms. The predicted molar refractivity (Wildman–Crippen MR) is 77.9 cm³/mol. The molecule has 2 heterocycles. The highest BCUT2D eigenvalue weighted by Crippen LogP contribution is 2.32. The number of primary amides is 1. The van der Waals surface area contributed by atoms with E-state index in [1.54, 1.807) is 0 Å². The first kappa shape index (κ1) is 15.3. The van der Waals surface area contributed by atoms with Crippen molar-refractivity contribution in [3.8, 4) is 0 Å². The van der Waals surface area contributed by atoms with E-state index in [0.29, 0.717) is 12.3 Å². The van der Waals surface area contributed by atoms with E-state index < -0.39 is 0 Å². The molecule has 2 fully saturated rings. The van der Waals surface area contributed by atoms with E-state index in [1.165, 1.54) is 0 Å². The highest BCUT2D eigenvalue weighted by molar-refractivity contribution is 5.83. The molecule has 0 aromatic heterocycles. The maximum atomic E-state index is 12.7. The molecule has 2 aliphatic rings. The van der Waals surface area contributed by atoms with Gasteiger partial charge in [0.05, 0.1) is 6.04 Å². The van der Waals surface area contributed by atoms with Gasteiger partial charge in [-0.3, -0.25) is 9.59 Å². The Hall–Kier alpha value is -1.10. The monoisotopic (exact) mass is 281 g/mol. The molecule has 114 valence electrons. The molecule has 0 bridgehead atoms. The second-order valence-corrected chi connectivity index (χ2v) is 6.92. The van der Waals surface area contributed by atoms with Crippen molar-refractivity contribution >= 4 is 11.8 Å². The summed E-state index contributed by atoms with van der Waals surface area (Å²) in [4.78, 5) is 25.6. The highest BCUT2D eigenvalue weighted by atomic mass is 16.2. The molecule has 0 spiro atoms. The zero-order valence-electron chi connectivity index (χ0n) is 12.7. The fourth-order valence-corrected chi connectivity index (χ4v) is 3.46. The Morgan fingerprint density at radius 3 is 2.50 bits per heavy atom. The number of hydrogen-bond donors (Lipinski definition) is 2. The largest absolute Gasteiger partial charge is 0.370 e. The smallest absolute Gasteiger partial charge is 0.240 e. The highest BCUT2D eigenvalue weighted by Gasteiger charge is 2.39. The Labute approximate surface area is 121 Å². The summed E-state index contributed by atoms with van der Waals surface area (Å²) in [5.74, 6) is 0.348. The molecule has 20 heavy (non-hydrogen) atoms. The van der Waals surface area contributed by atoms with Gasteiger partial charge < -0.3 is 16.0 Å². The van der Waals surface area contributed by atoms with E-state index in [2.05, 4.69) is 19.2 Å². The molecule has 5 nitrogen and oxygen atoms in total. The second-order valence-electron chi connectivity index (χ2n) is 6.92. The van der Waals surface area contributed by atoms with Gasteiger partial charge in [-0.2, -0.15) is 0 Å². The van der Waals surface area contributed by atoms with Crippen LogP contribution in [0, 0.1) is 11.3 Å². The van der Waals surface area contributed by atoms with Gasteiger partial charge in [0, 0.05) is 19.5 Å². The summed E-state index contributed by atoms with van der Waals surface area (Å²) in [6.07, 6.45) is 4.46. The lowest BCUT2D eigenvalue weighted by Gasteiger charge is -2.42. The summed E-state index contributed by atoms with van der Waals surface area (Å²) >= 11 is 0. The lowest BCUT2D eigenvalue weighted by atomic mass is 9.76. The lowest BCUT2D eigenvalue weighted by Crippen LogP contribution is -2.57. The van der Waals surface area contributed by atoms with E-state index in [-0.39, 0.29) is 23.3 Å². The van der Waals surface area contributed by atoms with Crippen LogP contribution in [0.5, 0.6) is 0 Å². The van der Waals surface area contributed by atoms with Gasteiger partial charge in [-0.1, -0.05) is 13.8 Å². The average molecular weight is 281 g/mol. The topological polar surface area (TPSA) is 75.4 Å². The van der Waals surface area contributed by atoms with Crippen LogP contribution < -0.4 is 11.1 Å². The first-order valence-corrected chi connectivity index (χ1v) is 7.70. The van der Waals surface area contributed by atoms with Crippen LogP contribution in [-0.4, -0.2) is 42.4 Å². The Kier molecular flexibility index (Phi) is 4.68. The van der Waals surface area contributed by atoms with Crippen LogP contribution in [0.3, 0.4) is 0 Å². The van der Waals surface area contributed by atoms with E-state index in [9.17, 15) is 9.59 Å². The lowest BCUT2D eigenvalue weighted by molar-refractivity contribution is -0.138. The first-order valence-electron chi connectivity index (χ1n) is 7.70. The van der Waals surface area contributed by atoms with Gasteiger partial charge in [0.15, 0.2) is 0 Å². The van der Waals surface area contributed by atoms with Gasteiger partial charge in [-0.25, -0.2) is 0 Å². The van der Waals surface area contributed by atoms with E-state index >= 15 is 0 Å². The van der Waals surface area contributed by atoms with Gasteiger partial charge in [0.25, 0.3) is 0 Å². The molecule has 3 N–H and O–H groups in total. The molecule has 0 aliphatic carbocycles. The number of nitrogens with one attached hydrogen (secondary N) is 1. The average Bonchev–Trinajstić information content (AvgIpc) is 2.37. The third-order valence-corrected chi connectivity index (χ3v) is 4.79. The number of nitrogens with two attached hydrogens (primary N) is 1. The number of nitrogens with zero attached hydrogens (tertiary/aromatic N) is 1. The molecular formula is C15H27N3O2. The third kappa shape index (κ3) is 3.51. The first-order chi connectivity index (χ1) is 9.40. The van der Waals surface area contributed by atoms with Crippen LogP contribution in [0.1, 0.15) is 46.0 Å². The van der Waals surface area contributed by atoms with E-state index in [1.807, 2.05) is 4.90 Å². The SMILES string of the molecule is CC1(C)CCCNC1C(=O)N1CCC(CC(N)=O)CC1. The summed E-state index contributed by atoms with van der Waals surface area (Å²) in [5, 5.41) is 3.38. The number of hydrogen-bond acceptors (Lipinski definition) is 3. The summed E-state index contributed by atoms with van der Waals surface area (Å²) in [5.41, 5.74) is 5.27. The molecule has 2 saturated heterocycles. The van der Waals surface area contributed by atoms with Gasteiger partial charge in [0.2, 0.25) is 11.8 Å². The molecule has 2 amide bonds. The fraction of sp³-hybridized carbons (Fsp3) is 0.867. The molecule has 0 aromatic rings. The number of piperidine rings is 2. The molecule has 1 unspecified atom stereocenters. The van der Waals surface area contributed by atoms with Crippen molar-refractivity contribution in [2.75, 3.05) is 19.6 Å².